The lowest BCUT2D eigenvalue weighted by Gasteiger charge is -2.33. The number of carbonyl (C=O) groups is 1. The summed E-state index contributed by atoms with van der Waals surface area (Å²) in [4.78, 5) is 15.5. The molecule has 4 nitrogen and oxygen atoms in total. The van der Waals surface area contributed by atoms with Crippen molar-refractivity contribution in [2.45, 2.75) is 19.9 Å². The molecule has 0 fully saturated rings. The fourth-order valence-electron chi connectivity index (χ4n) is 2.25. The van der Waals surface area contributed by atoms with Gasteiger partial charge in [0.1, 0.15) is 0 Å². The molecule has 1 atom stereocenters. The van der Waals surface area contributed by atoms with E-state index < -0.39 is 5.97 Å². The second kappa shape index (κ2) is 6.40. The smallest absolute Gasteiger partial charge is 0.337 e. The van der Waals surface area contributed by atoms with Gasteiger partial charge >= 0.3 is 5.97 Å². The van der Waals surface area contributed by atoms with Gasteiger partial charge in [0.25, 0.3) is 0 Å². The number of anilines is 1. The van der Waals surface area contributed by atoms with Crippen molar-refractivity contribution < 1.29 is 9.90 Å². The van der Waals surface area contributed by atoms with Gasteiger partial charge in [-0.2, -0.15) is 0 Å². The second-order valence-electron chi connectivity index (χ2n) is 4.72. The number of carboxylic acid groups (broad SMARTS) is 1. The van der Waals surface area contributed by atoms with E-state index in [4.69, 9.17) is 0 Å². The number of likely N-dealkylation sites (N-methyl/N-ethyl adjacent to an activating group) is 2. The van der Waals surface area contributed by atoms with E-state index >= 15 is 0 Å². The number of benzene rings is 1. The third kappa shape index (κ3) is 3.47. The third-order valence-electron chi connectivity index (χ3n) is 2.95. The molecule has 1 aromatic rings. The Morgan fingerprint density at radius 2 is 1.94 bits per heavy atom. The van der Waals surface area contributed by atoms with E-state index in [1.54, 1.807) is 12.1 Å². The average molecular weight is 250 g/mol. The molecular weight excluding hydrogens is 228 g/mol. The van der Waals surface area contributed by atoms with Crippen LogP contribution in [-0.2, 0) is 0 Å². The highest BCUT2D eigenvalue weighted by atomic mass is 16.4. The summed E-state index contributed by atoms with van der Waals surface area (Å²) in [5, 5.41) is 9.24. The number of carboxylic acids is 1. The van der Waals surface area contributed by atoms with Crippen molar-refractivity contribution in [2.75, 3.05) is 32.1 Å². The summed E-state index contributed by atoms with van der Waals surface area (Å²) >= 11 is 0. The molecule has 0 amide bonds. The van der Waals surface area contributed by atoms with Gasteiger partial charge in [-0.25, -0.2) is 4.79 Å². The first-order valence-electron chi connectivity index (χ1n) is 6.21. The van der Waals surface area contributed by atoms with Crippen LogP contribution >= 0.6 is 0 Å². The van der Waals surface area contributed by atoms with Crippen molar-refractivity contribution in [2.24, 2.45) is 0 Å². The Kier molecular flexibility index (Phi) is 5.16. The highest BCUT2D eigenvalue weighted by Crippen LogP contribution is 2.22. The topological polar surface area (TPSA) is 43.8 Å². The molecule has 1 aromatic carbocycles. The van der Waals surface area contributed by atoms with E-state index in [1.807, 2.05) is 33.2 Å². The highest BCUT2D eigenvalue weighted by Gasteiger charge is 2.19. The maximum atomic E-state index is 11.2. The highest BCUT2D eigenvalue weighted by molar-refractivity contribution is 5.94. The largest absolute Gasteiger partial charge is 0.478 e. The Balaban J connectivity index is 3.05. The lowest BCUT2D eigenvalue weighted by Crippen LogP contribution is -2.40. The summed E-state index contributed by atoms with van der Waals surface area (Å²) in [5.41, 5.74) is 1.16. The number of hydrogen-bond acceptors (Lipinski definition) is 3. The van der Waals surface area contributed by atoms with Gasteiger partial charge in [0.15, 0.2) is 0 Å². The molecule has 0 saturated carbocycles. The molecule has 0 spiro atoms. The third-order valence-corrected chi connectivity index (χ3v) is 2.95. The first-order valence-corrected chi connectivity index (χ1v) is 6.21. The summed E-state index contributed by atoms with van der Waals surface area (Å²) in [6, 6.07) is 7.44. The van der Waals surface area contributed by atoms with Crippen LogP contribution in [0.1, 0.15) is 24.2 Å². The molecule has 0 heterocycles. The standard InChI is InChI=1S/C14H22N2O2/c1-5-16(11(2)10-15(3)4)13-9-7-6-8-12(13)14(17)18/h6-9,11H,5,10H2,1-4H3,(H,17,18). The van der Waals surface area contributed by atoms with Gasteiger partial charge in [-0.3, -0.25) is 0 Å². The summed E-state index contributed by atoms with van der Waals surface area (Å²) in [7, 11) is 4.04. The van der Waals surface area contributed by atoms with Gasteiger partial charge in [-0.05, 0) is 40.1 Å². The minimum atomic E-state index is -0.874. The number of para-hydroxylation sites is 1. The Bertz CT molecular complexity index is 405. The van der Waals surface area contributed by atoms with Crippen molar-refractivity contribution in [1.82, 2.24) is 4.90 Å². The van der Waals surface area contributed by atoms with Gasteiger partial charge < -0.3 is 14.9 Å². The summed E-state index contributed by atoms with van der Waals surface area (Å²) in [6.07, 6.45) is 0. The average Bonchev–Trinajstić information content (AvgIpc) is 2.29. The molecule has 0 saturated heterocycles. The van der Waals surface area contributed by atoms with Gasteiger partial charge in [0.2, 0.25) is 0 Å². The van der Waals surface area contributed by atoms with Crippen LogP contribution in [0.25, 0.3) is 0 Å². The zero-order valence-corrected chi connectivity index (χ0v) is 11.6. The Morgan fingerprint density at radius 1 is 1.33 bits per heavy atom. The summed E-state index contributed by atoms with van der Waals surface area (Å²) < 4.78 is 0. The summed E-state index contributed by atoms with van der Waals surface area (Å²) in [5.74, 6) is -0.874. The first-order chi connectivity index (χ1) is 8.47. The van der Waals surface area contributed by atoms with Crippen molar-refractivity contribution in [3.8, 4) is 0 Å². The van der Waals surface area contributed by atoms with Crippen LogP contribution in [0.5, 0.6) is 0 Å². The van der Waals surface area contributed by atoms with Crippen molar-refractivity contribution in [1.29, 1.82) is 0 Å². The molecule has 100 valence electrons. The van der Waals surface area contributed by atoms with Crippen LogP contribution in [0, 0.1) is 0 Å². The fraction of sp³-hybridized carbons (Fsp3) is 0.500. The van der Waals surface area contributed by atoms with Gasteiger partial charge in [0.05, 0.1) is 11.3 Å². The van der Waals surface area contributed by atoms with E-state index in [0.717, 1.165) is 18.8 Å². The van der Waals surface area contributed by atoms with E-state index in [0.29, 0.717) is 5.56 Å². The molecule has 0 aliphatic heterocycles. The Labute approximate surface area is 109 Å². The van der Waals surface area contributed by atoms with E-state index in [2.05, 4.69) is 16.7 Å². The molecule has 0 radical (unpaired) electrons. The zero-order chi connectivity index (χ0) is 13.7. The molecule has 1 unspecified atom stereocenters. The molecular formula is C14H22N2O2. The lowest BCUT2D eigenvalue weighted by molar-refractivity contribution is 0.0697. The minimum Gasteiger partial charge on any atom is -0.478 e. The van der Waals surface area contributed by atoms with Gasteiger partial charge in [0, 0.05) is 19.1 Å². The number of rotatable bonds is 6. The SMILES string of the molecule is CCN(c1ccccc1C(=O)O)C(C)CN(C)C. The fourth-order valence-corrected chi connectivity index (χ4v) is 2.25. The maximum Gasteiger partial charge on any atom is 0.337 e. The van der Waals surface area contributed by atoms with Crippen molar-refractivity contribution in [3.05, 3.63) is 29.8 Å². The maximum absolute atomic E-state index is 11.2. The van der Waals surface area contributed by atoms with Crippen LogP contribution in [0.2, 0.25) is 0 Å². The van der Waals surface area contributed by atoms with Gasteiger partial charge in [-0.1, -0.05) is 12.1 Å². The number of hydrogen-bond donors (Lipinski definition) is 1. The summed E-state index contributed by atoms with van der Waals surface area (Å²) in [6.45, 7) is 5.84. The van der Waals surface area contributed by atoms with Crippen LogP contribution in [0.4, 0.5) is 5.69 Å². The zero-order valence-electron chi connectivity index (χ0n) is 11.6. The predicted molar refractivity (Wildman–Crippen MR) is 74.4 cm³/mol. The lowest BCUT2D eigenvalue weighted by atomic mass is 10.1. The van der Waals surface area contributed by atoms with Crippen LogP contribution < -0.4 is 4.90 Å². The number of nitrogens with zero attached hydrogens (tertiary/aromatic N) is 2. The molecule has 0 aromatic heterocycles. The molecule has 0 bridgehead atoms. The molecule has 18 heavy (non-hydrogen) atoms. The van der Waals surface area contributed by atoms with Crippen molar-refractivity contribution in [3.63, 3.8) is 0 Å². The van der Waals surface area contributed by atoms with Gasteiger partial charge in [-0.15, -0.1) is 0 Å². The van der Waals surface area contributed by atoms with E-state index in [1.165, 1.54) is 0 Å². The molecule has 0 aliphatic carbocycles. The van der Waals surface area contributed by atoms with E-state index in [9.17, 15) is 9.90 Å². The van der Waals surface area contributed by atoms with Crippen LogP contribution in [-0.4, -0.2) is 49.2 Å². The van der Waals surface area contributed by atoms with Crippen LogP contribution in [0.15, 0.2) is 24.3 Å². The second-order valence-corrected chi connectivity index (χ2v) is 4.72. The molecule has 1 rings (SSSR count). The monoisotopic (exact) mass is 250 g/mol. The Hall–Kier alpha value is -1.55. The molecule has 1 N–H and O–H groups in total. The van der Waals surface area contributed by atoms with Crippen LogP contribution in [0.3, 0.4) is 0 Å². The molecule has 4 heteroatoms. The van der Waals surface area contributed by atoms with Crippen molar-refractivity contribution >= 4 is 11.7 Å². The Morgan fingerprint density at radius 3 is 2.44 bits per heavy atom. The minimum absolute atomic E-state index is 0.269. The predicted octanol–water partition coefficient (Wildman–Crippen LogP) is 2.16. The number of aromatic carboxylic acids is 1. The molecule has 0 aliphatic rings. The quantitative estimate of drug-likeness (QED) is 0.840. The first kappa shape index (κ1) is 14.5. The normalized spacial score (nSPS) is 12.5. The van der Waals surface area contributed by atoms with E-state index in [-0.39, 0.29) is 6.04 Å².